The highest BCUT2D eigenvalue weighted by Gasteiger charge is 2.24. The molecule has 5 rings (SSSR count). The quantitative estimate of drug-likeness (QED) is 0.502. The topological polar surface area (TPSA) is 94.6 Å². The van der Waals surface area contributed by atoms with Crippen molar-refractivity contribution in [2.45, 2.75) is 26.3 Å². The highest BCUT2D eigenvalue weighted by atomic mass is 32.2. The molecule has 9 nitrogen and oxygen atoms in total. The highest BCUT2D eigenvalue weighted by molar-refractivity contribution is 7.88. The Kier molecular flexibility index (Phi) is 7.01. The first-order chi connectivity index (χ1) is 18.1. The second-order valence-corrected chi connectivity index (χ2v) is 11.6. The van der Waals surface area contributed by atoms with Crippen LogP contribution in [0.25, 0.3) is 11.3 Å². The molecule has 0 amide bonds. The van der Waals surface area contributed by atoms with Crippen LogP contribution in [0, 0.1) is 11.6 Å². The van der Waals surface area contributed by atoms with Crippen LogP contribution in [0.1, 0.15) is 19.4 Å². The fourth-order valence-electron chi connectivity index (χ4n) is 4.68. The van der Waals surface area contributed by atoms with E-state index in [1.165, 1.54) is 16.6 Å². The molecular weight excluding hydrogens is 512 g/mol. The molecule has 2 aliphatic heterocycles. The van der Waals surface area contributed by atoms with E-state index in [1.54, 1.807) is 18.3 Å². The van der Waals surface area contributed by atoms with Gasteiger partial charge in [0, 0.05) is 55.2 Å². The van der Waals surface area contributed by atoms with E-state index in [4.69, 9.17) is 0 Å². The standard InChI is InChI=1S/C26H29F2N7O2S/c1-17(2)35-8-4-5-20-21(27)13-18(14-23(20)35)25-22(28)16-30-26(32-25)31-24-7-6-19(15-29-24)33-9-11-34(12-10-33)38(3,36)37/h4,6-8,13-17H,5,9-12H2,1-3H3,(H,29,30,31,32). The lowest BCUT2D eigenvalue weighted by atomic mass is 9.99. The zero-order valence-corrected chi connectivity index (χ0v) is 22.2. The summed E-state index contributed by atoms with van der Waals surface area (Å²) in [6, 6.07) is 6.78. The van der Waals surface area contributed by atoms with Crippen molar-refractivity contribution in [1.82, 2.24) is 19.3 Å². The predicted molar refractivity (Wildman–Crippen MR) is 144 cm³/mol. The van der Waals surface area contributed by atoms with Gasteiger partial charge in [0.05, 0.1) is 24.3 Å². The Labute approximate surface area is 220 Å². The Balaban J connectivity index is 1.34. The average Bonchev–Trinajstić information content (AvgIpc) is 2.89. The van der Waals surface area contributed by atoms with Gasteiger partial charge in [0.1, 0.15) is 17.3 Å². The van der Waals surface area contributed by atoms with Crippen LogP contribution in [0.3, 0.4) is 0 Å². The van der Waals surface area contributed by atoms with E-state index >= 15 is 4.39 Å². The van der Waals surface area contributed by atoms with E-state index in [0.29, 0.717) is 55.2 Å². The maximum Gasteiger partial charge on any atom is 0.229 e. The van der Waals surface area contributed by atoms with Crippen LogP contribution >= 0.6 is 0 Å². The molecule has 0 bridgehead atoms. The van der Waals surface area contributed by atoms with Crippen LogP contribution in [0.2, 0.25) is 0 Å². The van der Waals surface area contributed by atoms with E-state index < -0.39 is 21.7 Å². The molecule has 1 N–H and O–H groups in total. The Morgan fingerprint density at radius 3 is 2.42 bits per heavy atom. The van der Waals surface area contributed by atoms with Gasteiger partial charge in [-0.15, -0.1) is 0 Å². The normalized spacial score (nSPS) is 16.2. The van der Waals surface area contributed by atoms with Crippen molar-refractivity contribution in [1.29, 1.82) is 0 Å². The lowest BCUT2D eigenvalue weighted by Gasteiger charge is -2.34. The number of nitrogens with zero attached hydrogens (tertiary/aromatic N) is 6. The zero-order valence-electron chi connectivity index (χ0n) is 21.4. The van der Waals surface area contributed by atoms with Crippen molar-refractivity contribution < 1.29 is 17.2 Å². The van der Waals surface area contributed by atoms with E-state index in [2.05, 4.69) is 25.2 Å². The van der Waals surface area contributed by atoms with Gasteiger partial charge in [-0.25, -0.2) is 32.2 Å². The number of hydrogen-bond donors (Lipinski definition) is 1. The van der Waals surface area contributed by atoms with Gasteiger partial charge in [-0.2, -0.15) is 4.31 Å². The molecule has 0 aliphatic carbocycles. The molecule has 2 aliphatic rings. The van der Waals surface area contributed by atoms with Gasteiger partial charge in [-0.05, 0) is 44.5 Å². The Morgan fingerprint density at radius 2 is 1.76 bits per heavy atom. The minimum atomic E-state index is -3.20. The number of nitrogens with one attached hydrogen (secondary N) is 1. The first kappa shape index (κ1) is 26.0. The van der Waals surface area contributed by atoms with Crippen molar-refractivity contribution >= 4 is 33.2 Å². The predicted octanol–water partition coefficient (Wildman–Crippen LogP) is 3.93. The van der Waals surface area contributed by atoms with E-state index in [9.17, 15) is 12.8 Å². The van der Waals surface area contributed by atoms with Gasteiger partial charge in [0.25, 0.3) is 0 Å². The van der Waals surface area contributed by atoms with E-state index in [1.807, 2.05) is 37.1 Å². The summed E-state index contributed by atoms with van der Waals surface area (Å²) in [5.74, 6) is -0.487. The van der Waals surface area contributed by atoms with Crippen LogP contribution < -0.4 is 15.1 Å². The third-order valence-corrected chi connectivity index (χ3v) is 7.98. The smallest absolute Gasteiger partial charge is 0.229 e. The number of benzene rings is 1. The fraction of sp³-hybridized carbons (Fsp3) is 0.346. The molecule has 0 unspecified atom stereocenters. The Morgan fingerprint density at radius 1 is 1.00 bits per heavy atom. The first-order valence-electron chi connectivity index (χ1n) is 12.3. The molecule has 2 aromatic heterocycles. The molecule has 0 saturated carbocycles. The number of piperazine rings is 1. The van der Waals surface area contributed by atoms with Gasteiger partial charge >= 0.3 is 0 Å². The van der Waals surface area contributed by atoms with Gasteiger partial charge in [0.2, 0.25) is 16.0 Å². The molecule has 0 atom stereocenters. The minimum Gasteiger partial charge on any atom is -0.368 e. The number of rotatable bonds is 6. The maximum absolute atomic E-state index is 15.0. The number of halogens is 2. The number of hydrogen-bond acceptors (Lipinski definition) is 8. The van der Waals surface area contributed by atoms with Crippen molar-refractivity contribution in [3.63, 3.8) is 0 Å². The van der Waals surface area contributed by atoms with Gasteiger partial charge in [-0.1, -0.05) is 6.08 Å². The van der Waals surface area contributed by atoms with E-state index in [-0.39, 0.29) is 17.7 Å². The maximum atomic E-state index is 15.0. The number of fused-ring (bicyclic) bond motifs is 1. The van der Waals surface area contributed by atoms with Crippen molar-refractivity contribution in [2.24, 2.45) is 0 Å². The molecule has 4 heterocycles. The lowest BCUT2D eigenvalue weighted by Crippen LogP contribution is -2.48. The first-order valence-corrected chi connectivity index (χ1v) is 14.2. The summed E-state index contributed by atoms with van der Waals surface area (Å²) in [7, 11) is -3.20. The number of sulfonamides is 1. The summed E-state index contributed by atoms with van der Waals surface area (Å²) in [4.78, 5) is 16.8. The van der Waals surface area contributed by atoms with Crippen LogP contribution in [0.15, 0.2) is 48.9 Å². The third-order valence-electron chi connectivity index (χ3n) is 6.67. The monoisotopic (exact) mass is 541 g/mol. The largest absolute Gasteiger partial charge is 0.368 e. The summed E-state index contributed by atoms with van der Waals surface area (Å²) in [5, 5.41) is 2.98. The molecule has 200 valence electrons. The Bertz CT molecular complexity index is 1470. The van der Waals surface area contributed by atoms with E-state index in [0.717, 1.165) is 11.9 Å². The van der Waals surface area contributed by atoms with Crippen molar-refractivity contribution in [2.75, 3.05) is 47.6 Å². The number of pyridine rings is 1. The molecule has 0 radical (unpaired) electrons. The molecule has 1 saturated heterocycles. The van der Waals surface area contributed by atoms with Gasteiger partial charge in [-0.3, -0.25) is 0 Å². The Hall–Kier alpha value is -3.64. The second kappa shape index (κ2) is 10.3. The van der Waals surface area contributed by atoms with Crippen LogP contribution in [-0.4, -0.2) is 66.2 Å². The molecule has 1 fully saturated rings. The lowest BCUT2D eigenvalue weighted by molar-refractivity contribution is 0.388. The molecule has 12 heteroatoms. The number of anilines is 4. The molecule has 3 aromatic rings. The van der Waals surface area contributed by atoms with Crippen LogP contribution in [0.4, 0.5) is 31.9 Å². The molecular formula is C26H29F2N7O2S. The highest BCUT2D eigenvalue weighted by Crippen LogP contribution is 2.35. The average molecular weight is 542 g/mol. The SMILES string of the molecule is CC(C)N1C=CCc2c(F)cc(-c3nc(Nc4ccc(N5CCN(S(C)(=O)=O)CC5)cn4)ncc3F)cc21. The number of allylic oxidation sites excluding steroid dienone is 1. The molecule has 0 spiro atoms. The fourth-order valence-corrected chi connectivity index (χ4v) is 5.50. The summed E-state index contributed by atoms with van der Waals surface area (Å²) in [6.45, 7) is 5.97. The van der Waals surface area contributed by atoms with Gasteiger partial charge in [0.15, 0.2) is 5.82 Å². The van der Waals surface area contributed by atoms with Crippen LogP contribution in [-0.2, 0) is 16.4 Å². The van der Waals surface area contributed by atoms with Crippen molar-refractivity contribution in [3.8, 4) is 11.3 Å². The second-order valence-electron chi connectivity index (χ2n) is 9.61. The summed E-state index contributed by atoms with van der Waals surface area (Å²) in [5.41, 5.74) is 2.43. The molecule has 1 aromatic carbocycles. The molecule has 38 heavy (non-hydrogen) atoms. The summed E-state index contributed by atoms with van der Waals surface area (Å²) in [6.07, 6.45) is 8.24. The van der Waals surface area contributed by atoms with Gasteiger partial charge < -0.3 is 15.1 Å². The zero-order chi connectivity index (χ0) is 27.0. The number of aromatic nitrogens is 3. The minimum absolute atomic E-state index is 0.0113. The summed E-state index contributed by atoms with van der Waals surface area (Å²) >= 11 is 0. The van der Waals surface area contributed by atoms with Crippen LogP contribution in [0.5, 0.6) is 0 Å². The third kappa shape index (κ3) is 5.32. The summed E-state index contributed by atoms with van der Waals surface area (Å²) < 4.78 is 54.8. The van der Waals surface area contributed by atoms with Crippen molar-refractivity contribution in [3.05, 3.63) is 66.1 Å².